The van der Waals surface area contributed by atoms with Gasteiger partial charge in [-0.15, -0.1) is 0 Å². The van der Waals surface area contributed by atoms with Crippen LogP contribution in [0.4, 0.5) is 5.82 Å². The van der Waals surface area contributed by atoms with Gasteiger partial charge >= 0.3 is 5.97 Å². The summed E-state index contributed by atoms with van der Waals surface area (Å²) in [4.78, 5) is 32.9. The first kappa shape index (κ1) is 16.9. The quantitative estimate of drug-likeness (QED) is 0.868. The molecule has 2 N–H and O–H groups in total. The van der Waals surface area contributed by atoms with E-state index >= 15 is 0 Å². The van der Waals surface area contributed by atoms with Crippen LogP contribution in [0.5, 0.6) is 0 Å². The van der Waals surface area contributed by atoms with Gasteiger partial charge in [0, 0.05) is 25.2 Å². The van der Waals surface area contributed by atoms with Crippen molar-refractivity contribution in [2.24, 2.45) is 0 Å². The molecular formula is C18H20N4O3. The van der Waals surface area contributed by atoms with Crippen LogP contribution in [0.3, 0.4) is 0 Å². The molecular weight excluding hydrogens is 320 g/mol. The molecule has 0 bridgehead atoms. The average Bonchev–Trinajstić information content (AvgIpc) is 2.67. The minimum absolute atomic E-state index is 0.0915. The lowest BCUT2D eigenvalue weighted by molar-refractivity contribution is 0.0688. The molecule has 1 aromatic carbocycles. The molecule has 3 rings (SSSR count). The summed E-state index contributed by atoms with van der Waals surface area (Å²) in [5.74, 6) is -0.513. The maximum atomic E-state index is 12.4. The smallest absolute Gasteiger partial charge is 0.356 e. The van der Waals surface area contributed by atoms with E-state index in [2.05, 4.69) is 15.3 Å². The lowest BCUT2D eigenvalue weighted by atomic mass is 10.1. The van der Waals surface area contributed by atoms with Crippen molar-refractivity contribution in [2.75, 3.05) is 18.4 Å². The number of carbonyl (C=O) groups is 2. The highest BCUT2D eigenvalue weighted by atomic mass is 16.4. The lowest BCUT2D eigenvalue weighted by Gasteiger charge is -2.26. The average molecular weight is 340 g/mol. The summed E-state index contributed by atoms with van der Waals surface area (Å²) in [5, 5.41) is 11.9. The number of carboxylic acids is 1. The zero-order chi connectivity index (χ0) is 17.6. The summed E-state index contributed by atoms with van der Waals surface area (Å²) in [5.41, 5.74) is 1.61. The number of hydrogen-bond donors (Lipinski definition) is 2. The third-order valence-corrected chi connectivity index (χ3v) is 4.19. The summed E-state index contributed by atoms with van der Waals surface area (Å²) in [7, 11) is 0. The minimum atomic E-state index is -1.10. The molecule has 130 valence electrons. The number of rotatable bonds is 5. The Kier molecular flexibility index (Phi) is 5.23. The maximum Gasteiger partial charge on any atom is 0.356 e. The molecule has 7 heteroatoms. The van der Waals surface area contributed by atoms with Crippen LogP contribution in [-0.2, 0) is 6.54 Å². The van der Waals surface area contributed by atoms with Crippen molar-refractivity contribution in [1.29, 1.82) is 0 Å². The predicted molar refractivity (Wildman–Crippen MR) is 92.5 cm³/mol. The molecule has 1 amide bonds. The maximum absolute atomic E-state index is 12.4. The van der Waals surface area contributed by atoms with E-state index in [4.69, 9.17) is 5.11 Å². The molecule has 0 spiro atoms. The number of anilines is 1. The number of carbonyl (C=O) groups excluding carboxylic acids is 1. The summed E-state index contributed by atoms with van der Waals surface area (Å²) in [6.45, 7) is 2.19. The molecule has 1 fully saturated rings. The fourth-order valence-electron chi connectivity index (χ4n) is 2.77. The molecule has 1 aromatic heterocycles. The van der Waals surface area contributed by atoms with Crippen LogP contribution in [0, 0.1) is 0 Å². The molecule has 2 aromatic rings. The van der Waals surface area contributed by atoms with Gasteiger partial charge in [-0.2, -0.15) is 0 Å². The first-order chi connectivity index (χ1) is 12.1. The molecule has 0 saturated carbocycles. The molecule has 1 saturated heterocycles. The molecule has 1 aliphatic rings. The van der Waals surface area contributed by atoms with Crippen LogP contribution >= 0.6 is 0 Å². The largest absolute Gasteiger partial charge is 0.476 e. The minimum Gasteiger partial charge on any atom is -0.476 e. The predicted octanol–water partition coefficient (Wildman–Crippen LogP) is 2.41. The van der Waals surface area contributed by atoms with E-state index in [0.29, 0.717) is 17.9 Å². The number of carboxylic acid groups (broad SMARTS) is 1. The number of nitrogens with one attached hydrogen (secondary N) is 1. The highest BCUT2D eigenvalue weighted by Gasteiger charge is 2.17. The zero-order valence-corrected chi connectivity index (χ0v) is 13.8. The Labute approximate surface area is 145 Å². The van der Waals surface area contributed by atoms with Gasteiger partial charge in [-0.3, -0.25) is 4.79 Å². The molecule has 25 heavy (non-hydrogen) atoms. The van der Waals surface area contributed by atoms with Crippen molar-refractivity contribution in [1.82, 2.24) is 14.9 Å². The molecule has 2 heterocycles. The molecule has 1 aliphatic heterocycles. The highest BCUT2D eigenvalue weighted by molar-refractivity contribution is 5.94. The van der Waals surface area contributed by atoms with Crippen molar-refractivity contribution in [3.05, 3.63) is 53.5 Å². The van der Waals surface area contributed by atoms with Crippen LogP contribution in [0.2, 0.25) is 0 Å². The van der Waals surface area contributed by atoms with Crippen LogP contribution in [0.1, 0.15) is 45.7 Å². The fourth-order valence-corrected chi connectivity index (χ4v) is 2.77. The van der Waals surface area contributed by atoms with Crippen LogP contribution < -0.4 is 5.32 Å². The standard InChI is InChI=1S/C18H20N4O3/c23-17(22-8-2-1-3-9-22)14-6-4-13(5-7-14)10-20-16-12-19-15(11-21-16)18(24)25/h4-7,11-12H,1-3,8-10H2,(H,20,21)(H,24,25). The van der Waals surface area contributed by atoms with Gasteiger partial charge in [0.1, 0.15) is 5.82 Å². The van der Waals surface area contributed by atoms with Gasteiger partial charge in [-0.25, -0.2) is 14.8 Å². The second kappa shape index (κ2) is 7.74. The molecule has 0 atom stereocenters. The monoisotopic (exact) mass is 340 g/mol. The number of piperidine rings is 1. The van der Waals surface area contributed by atoms with Gasteiger partial charge in [0.15, 0.2) is 5.69 Å². The topological polar surface area (TPSA) is 95.4 Å². The van der Waals surface area contributed by atoms with Crippen molar-refractivity contribution < 1.29 is 14.7 Å². The van der Waals surface area contributed by atoms with E-state index in [0.717, 1.165) is 31.5 Å². The Bertz CT molecular complexity index is 738. The number of amides is 1. The Morgan fingerprint density at radius 1 is 1.04 bits per heavy atom. The first-order valence-electron chi connectivity index (χ1n) is 8.31. The highest BCUT2D eigenvalue weighted by Crippen LogP contribution is 2.14. The van der Waals surface area contributed by atoms with E-state index in [1.54, 1.807) is 0 Å². The summed E-state index contributed by atoms with van der Waals surface area (Å²) in [6, 6.07) is 7.49. The van der Waals surface area contributed by atoms with Gasteiger partial charge in [0.25, 0.3) is 5.91 Å². The van der Waals surface area contributed by atoms with E-state index in [1.165, 1.54) is 18.8 Å². The third kappa shape index (κ3) is 4.32. The zero-order valence-electron chi connectivity index (χ0n) is 13.8. The van der Waals surface area contributed by atoms with Gasteiger partial charge in [-0.05, 0) is 37.0 Å². The number of likely N-dealkylation sites (tertiary alicyclic amines) is 1. The SMILES string of the molecule is O=C(O)c1cnc(NCc2ccc(C(=O)N3CCCCC3)cc2)cn1. The second-order valence-electron chi connectivity index (χ2n) is 6.00. The van der Waals surface area contributed by atoms with Gasteiger partial charge in [0.2, 0.25) is 0 Å². The third-order valence-electron chi connectivity index (χ3n) is 4.19. The molecule has 0 aliphatic carbocycles. The molecule has 7 nitrogen and oxygen atoms in total. The Morgan fingerprint density at radius 2 is 1.76 bits per heavy atom. The first-order valence-corrected chi connectivity index (χ1v) is 8.31. The number of benzene rings is 1. The number of aromatic carboxylic acids is 1. The van der Waals surface area contributed by atoms with Crippen molar-refractivity contribution in [3.8, 4) is 0 Å². The van der Waals surface area contributed by atoms with Gasteiger partial charge in [0.05, 0.1) is 12.4 Å². The van der Waals surface area contributed by atoms with Crippen LogP contribution in [-0.4, -0.2) is 44.9 Å². The Balaban J connectivity index is 1.57. The van der Waals surface area contributed by atoms with Crippen LogP contribution in [0.15, 0.2) is 36.7 Å². The molecule has 0 unspecified atom stereocenters. The lowest BCUT2D eigenvalue weighted by Crippen LogP contribution is -2.35. The van der Waals surface area contributed by atoms with Gasteiger partial charge in [-0.1, -0.05) is 12.1 Å². The van der Waals surface area contributed by atoms with Crippen LogP contribution in [0.25, 0.3) is 0 Å². The summed E-state index contributed by atoms with van der Waals surface area (Å²) >= 11 is 0. The number of aromatic nitrogens is 2. The fraction of sp³-hybridized carbons (Fsp3) is 0.333. The van der Waals surface area contributed by atoms with Crippen molar-refractivity contribution in [3.63, 3.8) is 0 Å². The summed E-state index contributed by atoms with van der Waals surface area (Å²) in [6.07, 6.45) is 5.96. The number of hydrogen-bond acceptors (Lipinski definition) is 5. The van der Waals surface area contributed by atoms with E-state index in [-0.39, 0.29) is 11.6 Å². The van der Waals surface area contributed by atoms with Crippen molar-refractivity contribution in [2.45, 2.75) is 25.8 Å². The summed E-state index contributed by atoms with van der Waals surface area (Å²) < 4.78 is 0. The van der Waals surface area contributed by atoms with E-state index < -0.39 is 5.97 Å². The Hall–Kier alpha value is -2.96. The normalized spacial score (nSPS) is 14.2. The van der Waals surface area contributed by atoms with Crippen molar-refractivity contribution >= 4 is 17.7 Å². The molecule has 0 radical (unpaired) electrons. The van der Waals surface area contributed by atoms with E-state index in [9.17, 15) is 9.59 Å². The number of nitrogens with zero attached hydrogens (tertiary/aromatic N) is 3. The van der Waals surface area contributed by atoms with E-state index in [1.807, 2.05) is 29.2 Å². The Morgan fingerprint density at radius 3 is 2.36 bits per heavy atom. The second-order valence-corrected chi connectivity index (χ2v) is 6.00. The van der Waals surface area contributed by atoms with Gasteiger partial charge < -0.3 is 15.3 Å².